The van der Waals surface area contributed by atoms with Gasteiger partial charge in [-0.3, -0.25) is 0 Å². The molecule has 0 amide bonds. The van der Waals surface area contributed by atoms with Gasteiger partial charge in [0.25, 0.3) is 0 Å². The maximum Gasteiger partial charge on any atom is 0.156 e. The van der Waals surface area contributed by atoms with E-state index in [4.69, 9.17) is 32.7 Å². The van der Waals surface area contributed by atoms with Crippen molar-refractivity contribution in [2.45, 2.75) is 75.9 Å². The lowest BCUT2D eigenvalue weighted by molar-refractivity contribution is -0.946. The minimum absolute atomic E-state index is 0.000133. The Morgan fingerprint density at radius 1 is 0.959 bits per heavy atom. The third-order valence-electron chi connectivity index (χ3n) is 11.3. The molecule has 3 atom stereocenters. The molecule has 1 unspecified atom stereocenters. The minimum Gasteiger partial charge on any atom is -0.508 e. The van der Waals surface area contributed by atoms with Gasteiger partial charge in [-0.05, 0) is 59.7 Å². The van der Waals surface area contributed by atoms with Gasteiger partial charge in [-0.25, -0.2) is 0 Å². The van der Waals surface area contributed by atoms with Crippen LogP contribution in [0.1, 0.15) is 73.3 Å². The number of quaternary nitrogens is 1. The van der Waals surface area contributed by atoms with Crippen LogP contribution in [0.2, 0.25) is 10.0 Å². The van der Waals surface area contributed by atoms with Crippen molar-refractivity contribution >= 4 is 23.2 Å². The molecule has 3 heterocycles. The summed E-state index contributed by atoms with van der Waals surface area (Å²) in [6.07, 6.45) is 6.98. The lowest BCUT2D eigenvalue weighted by atomic mass is 9.80. The van der Waals surface area contributed by atoms with E-state index < -0.39 is 11.7 Å². The highest BCUT2D eigenvalue weighted by Crippen LogP contribution is 2.43. The molecule has 1 aliphatic carbocycles. The number of benzene rings is 3. The molecule has 0 radical (unpaired) electrons. The number of hydrogen-bond acceptors (Lipinski definition) is 7. The van der Waals surface area contributed by atoms with Crippen LogP contribution in [0, 0.1) is 11.8 Å². The Bertz CT molecular complexity index is 1510. The Labute approximate surface area is 300 Å². The van der Waals surface area contributed by atoms with E-state index in [-0.39, 0.29) is 30.9 Å². The van der Waals surface area contributed by atoms with Crippen molar-refractivity contribution in [3.05, 3.63) is 93.0 Å². The Hall–Kier alpha value is -2.40. The summed E-state index contributed by atoms with van der Waals surface area (Å²) in [7, 11) is 0. The van der Waals surface area contributed by atoms with E-state index in [2.05, 4.69) is 17.4 Å². The smallest absolute Gasteiger partial charge is 0.156 e. The van der Waals surface area contributed by atoms with Crippen molar-refractivity contribution in [2.75, 3.05) is 45.9 Å². The average Bonchev–Trinajstić information content (AvgIpc) is 3.67. The van der Waals surface area contributed by atoms with Gasteiger partial charge in [-0.2, -0.15) is 0 Å². The summed E-state index contributed by atoms with van der Waals surface area (Å²) in [4.78, 5) is 0. The lowest BCUT2D eigenvalue weighted by Crippen LogP contribution is -2.65. The maximum atomic E-state index is 12.0. The first-order valence-electron chi connectivity index (χ1n) is 17.9. The van der Waals surface area contributed by atoms with Gasteiger partial charge in [0.05, 0.1) is 55.6 Å². The Kier molecular flexibility index (Phi) is 12.1. The molecule has 3 aromatic rings. The predicted molar refractivity (Wildman–Crippen MR) is 192 cm³/mol. The van der Waals surface area contributed by atoms with E-state index in [0.29, 0.717) is 52.6 Å². The van der Waals surface area contributed by atoms with Crippen molar-refractivity contribution in [3.8, 4) is 11.5 Å². The molecule has 0 aromatic heterocycles. The molecule has 3 aliphatic heterocycles. The summed E-state index contributed by atoms with van der Waals surface area (Å²) in [5.41, 5.74) is 1.88. The largest absolute Gasteiger partial charge is 0.508 e. The maximum absolute atomic E-state index is 12.0. The normalized spacial score (nSPS) is 24.2. The summed E-state index contributed by atoms with van der Waals surface area (Å²) in [5, 5.41) is 45.8. The zero-order valence-electron chi connectivity index (χ0n) is 28.2. The molecule has 5 N–H and O–H groups in total. The Balaban J connectivity index is 0.977. The third-order valence-corrected chi connectivity index (χ3v) is 11.8. The van der Waals surface area contributed by atoms with Crippen LogP contribution >= 0.6 is 23.2 Å². The number of fused-ring (bicyclic) bond motifs is 3. The van der Waals surface area contributed by atoms with Gasteiger partial charge in [0.15, 0.2) is 5.75 Å². The molecule has 7 rings (SSSR count). The van der Waals surface area contributed by atoms with Crippen LogP contribution in [0.5, 0.6) is 11.5 Å². The van der Waals surface area contributed by atoms with Crippen molar-refractivity contribution in [3.63, 3.8) is 0 Å². The quantitative estimate of drug-likeness (QED) is 0.0853. The Morgan fingerprint density at radius 3 is 2.37 bits per heavy atom. The van der Waals surface area contributed by atoms with E-state index in [9.17, 15) is 20.4 Å². The number of rotatable bonds is 16. The molecule has 4 aliphatic rings. The molecule has 8 nitrogen and oxygen atoms in total. The van der Waals surface area contributed by atoms with E-state index in [1.54, 1.807) is 12.1 Å². The van der Waals surface area contributed by atoms with Crippen LogP contribution in [0.4, 0.5) is 0 Å². The second kappa shape index (κ2) is 16.3. The van der Waals surface area contributed by atoms with E-state index in [1.165, 1.54) is 18.9 Å². The van der Waals surface area contributed by atoms with Crippen LogP contribution < -0.4 is 10.1 Å². The Morgan fingerprint density at radius 2 is 1.67 bits per heavy atom. The van der Waals surface area contributed by atoms with Gasteiger partial charge in [-0.15, -0.1) is 0 Å². The van der Waals surface area contributed by atoms with Crippen LogP contribution in [-0.4, -0.2) is 77.0 Å². The molecule has 3 aromatic carbocycles. The van der Waals surface area contributed by atoms with Crippen molar-refractivity contribution < 1.29 is 34.4 Å². The summed E-state index contributed by atoms with van der Waals surface area (Å²) in [6.45, 7) is 5.57. The summed E-state index contributed by atoms with van der Waals surface area (Å²) >= 11 is 13.2. The molecule has 4 fully saturated rings. The lowest BCUT2D eigenvalue weighted by Gasteiger charge is -2.53. The second-order valence-corrected chi connectivity index (χ2v) is 15.3. The molecule has 2 bridgehead atoms. The number of hydrogen-bond donors (Lipinski definition) is 5. The number of piperidine rings is 3. The SMILES string of the molecule is OCc1cc([C@@H](O)CNCc2cc(Cl)c(OCCC[N+]34CCC(CC3)[C@@H](OCC(O)(c3ccccc3)C3CCCC3)C4)c(Cl)c2)ccc1O. The summed E-state index contributed by atoms with van der Waals surface area (Å²) < 4.78 is 13.9. The molecular weight excluding hydrogens is 663 g/mol. The van der Waals surface area contributed by atoms with Gasteiger partial charge in [0.1, 0.15) is 24.0 Å². The fourth-order valence-corrected chi connectivity index (χ4v) is 9.00. The average molecular weight is 715 g/mol. The topological polar surface area (TPSA) is 111 Å². The second-order valence-electron chi connectivity index (χ2n) is 14.4. The van der Waals surface area contributed by atoms with E-state index in [1.807, 2.05) is 30.3 Å². The number of aromatic hydroxyl groups is 1. The highest BCUT2D eigenvalue weighted by atomic mass is 35.5. The number of phenols is 1. The number of halogens is 2. The monoisotopic (exact) mass is 713 g/mol. The standard InChI is InChI=1S/C39H50Cl2N2O6/c40-33-19-27(22-42-23-36(46)29-11-12-35(45)30(21-29)25-44)20-34(41)38(33)48-18-6-15-43-16-13-28(14-17-43)37(24-43)49-26-39(47,32-9-4-5-10-32)31-7-2-1-3-8-31/h1-3,7-8,11-12,19-21,28,32,36-37,42,44,46-47H,4-6,9-10,13-18,22-26H2/p+1/t28?,36-,37-,39?,43?/m0/s1. The van der Waals surface area contributed by atoms with Crippen LogP contribution in [0.3, 0.4) is 0 Å². The predicted octanol–water partition coefficient (Wildman–Crippen LogP) is 6.49. The molecule has 266 valence electrons. The molecule has 0 spiro atoms. The van der Waals surface area contributed by atoms with Crippen LogP contribution in [0.15, 0.2) is 60.7 Å². The van der Waals surface area contributed by atoms with Gasteiger partial charge in [-0.1, -0.05) is 72.4 Å². The van der Waals surface area contributed by atoms with E-state index >= 15 is 0 Å². The molecular formula is C39H51Cl2N2O6+. The number of ether oxygens (including phenoxy) is 2. The summed E-state index contributed by atoms with van der Waals surface area (Å²) in [5.74, 6) is 1.28. The number of nitrogens with one attached hydrogen (secondary N) is 1. The minimum atomic E-state index is -0.938. The highest BCUT2D eigenvalue weighted by molar-refractivity contribution is 6.37. The van der Waals surface area contributed by atoms with Gasteiger partial charge in [0, 0.05) is 43.8 Å². The zero-order chi connectivity index (χ0) is 34.4. The van der Waals surface area contributed by atoms with Gasteiger partial charge < -0.3 is 39.7 Å². The first-order chi connectivity index (χ1) is 23.7. The molecule has 1 saturated carbocycles. The van der Waals surface area contributed by atoms with Gasteiger partial charge >= 0.3 is 0 Å². The third kappa shape index (κ3) is 8.57. The zero-order valence-corrected chi connectivity index (χ0v) is 29.7. The molecule has 10 heteroatoms. The van der Waals surface area contributed by atoms with Crippen molar-refractivity contribution in [1.82, 2.24) is 5.32 Å². The fourth-order valence-electron chi connectivity index (χ4n) is 8.36. The van der Waals surface area contributed by atoms with Gasteiger partial charge in [0.2, 0.25) is 0 Å². The van der Waals surface area contributed by atoms with Crippen molar-refractivity contribution in [2.24, 2.45) is 11.8 Å². The first-order valence-corrected chi connectivity index (χ1v) is 18.6. The van der Waals surface area contributed by atoms with Crippen LogP contribution in [0.25, 0.3) is 0 Å². The fraction of sp³-hybridized carbons (Fsp3) is 0.538. The van der Waals surface area contributed by atoms with Crippen molar-refractivity contribution in [1.29, 1.82) is 0 Å². The first kappa shape index (κ1) is 36.4. The summed E-state index contributed by atoms with van der Waals surface area (Å²) in [6, 6.07) is 18.5. The van der Waals surface area contributed by atoms with E-state index in [0.717, 1.165) is 73.9 Å². The number of aliphatic hydroxyl groups is 3. The number of nitrogens with zero attached hydrogens (tertiary/aromatic N) is 1. The number of aliphatic hydroxyl groups excluding tert-OH is 2. The molecule has 3 saturated heterocycles. The van der Waals surface area contributed by atoms with Crippen LogP contribution in [-0.2, 0) is 23.5 Å². The molecule has 49 heavy (non-hydrogen) atoms. The highest BCUT2D eigenvalue weighted by Gasteiger charge is 2.48.